The molecule has 0 saturated heterocycles. The van der Waals surface area contributed by atoms with Gasteiger partial charge in [-0.15, -0.1) is 0 Å². The Labute approximate surface area is 120 Å². The Morgan fingerprint density at radius 1 is 1.48 bits per heavy atom. The number of carboxylic acid groups (broad SMARTS) is 1. The fourth-order valence-electron chi connectivity index (χ4n) is 2.16. The third-order valence-corrected chi connectivity index (χ3v) is 3.22. The highest BCUT2D eigenvalue weighted by atomic mass is 16.6. The molecular formula is C14H15N3O4. The predicted molar refractivity (Wildman–Crippen MR) is 78.4 cm³/mol. The van der Waals surface area contributed by atoms with Crippen LogP contribution in [0.4, 0.5) is 11.4 Å². The van der Waals surface area contributed by atoms with Crippen molar-refractivity contribution in [3.05, 3.63) is 40.6 Å². The van der Waals surface area contributed by atoms with Crippen molar-refractivity contribution in [3.63, 3.8) is 0 Å². The van der Waals surface area contributed by atoms with E-state index in [-0.39, 0.29) is 18.2 Å². The van der Waals surface area contributed by atoms with Gasteiger partial charge in [-0.2, -0.15) is 0 Å². The SMILES string of the molecule is CCC(CC(=O)O)Nc1ccc([N+](=O)[O-])c2cccnc12. The minimum atomic E-state index is -0.895. The van der Waals surface area contributed by atoms with Crippen LogP contribution in [0.1, 0.15) is 19.8 Å². The van der Waals surface area contributed by atoms with E-state index in [1.54, 1.807) is 24.4 Å². The van der Waals surface area contributed by atoms with E-state index in [0.29, 0.717) is 23.0 Å². The second kappa shape index (κ2) is 6.17. The number of pyridine rings is 1. The van der Waals surface area contributed by atoms with Crippen molar-refractivity contribution in [2.45, 2.75) is 25.8 Å². The summed E-state index contributed by atoms with van der Waals surface area (Å²) in [6.07, 6.45) is 2.15. The number of aromatic nitrogens is 1. The van der Waals surface area contributed by atoms with Crippen LogP contribution in [0.5, 0.6) is 0 Å². The highest BCUT2D eigenvalue weighted by Crippen LogP contribution is 2.30. The maximum absolute atomic E-state index is 11.0. The largest absolute Gasteiger partial charge is 0.481 e. The van der Waals surface area contributed by atoms with Crippen molar-refractivity contribution in [1.29, 1.82) is 0 Å². The lowest BCUT2D eigenvalue weighted by Gasteiger charge is -2.17. The lowest BCUT2D eigenvalue weighted by Crippen LogP contribution is -2.22. The van der Waals surface area contributed by atoms with Gasteiger partial charge in [0.25, 0.3) is 5.69 Å². The van der Waals surface area contributed by atoms with Crippen LogP contribution in [0.15, 0.2) is 30.5 Å². The summed E-state index contributed by atoms with van der Waals surface area (Å²) in [6.45, 7) is 1.88. The summed E-state index contributed by atoms with van der Waals surface area (Å²) in [7, 11) is 0. The third-order valence-electron chi connectivity index (χ3n) is 3.22. The summed E-state index contributed by atoms with van der Waals surface area (Å²) >= 11 is 0. The van der Waals surface area contributed by atoms with Crippen LogP contribution in [-0.2, 0) is 4.79 Å². The zero-order valence-corrected chi connectivity index (χ0v) is 11.4. The van der Waals surface area contributed by atoms with E-state index in [1.165, 1.54) is 6.07 Å². The molecule has 0 aliphatic heterocycles. The van der Waals surface area contributed by atoms with E-state index in [9.17, 15) is 14.9 Å². The molecule has 0 spiro atoms. The van der Waals surface area contributed by atoms with E-state index < -0.39 is 10.9 Å². The van der Waals surface area contributed by atoms with Crippen LogP contribution >= 0.6 is 0 Å². The molecular weight excluding hydrogens is 274 g/mol. The predicted octanol–water partition coefficient (Wildman–Crippen LogP) is 2.81. The monoisotopic (exact) mass is 289 g/mol. The number of carbonyl (C=O) groups is 1. The van der Waals surface area contributed by atoms with Crippen LogP contribution in [-0.4, -0.2) is 27.0 Å². The van der Waals surface area contributed by atoms with Gasteiger partial charge in [0, 0.05) is 18.3 Å². The molecule has 0 saturated carbocycles. The lowest BCUT2D eigenvalue weighted by molar-refractivity contribution is -0.383. The number of fused-ring (bicyclic) bond motifs is 1. The number of carboxylic acids is 1. The first kappa shape index (κ1) is 14.7. The standard InChI is InChI=1S/C14H15N3O4/c1-2-9(8-13(18)19)16-11-5-6-12(17(20)21)10-4-3-7-15-14(10)11/h3-7,9,16H,2,8H2,1H3,(H,18,19). The van der Waals surface area contributed by atoms with Gasteiger partial charge < -0.3 is 10.4 Å². The van der Waals surface area contributed by atoms with E-state index >= 15 is 0 Å². The molecule has 0 aliphatic carbocycles. The Bertz CT molecular complexity index is 687. The van der Waals surface area contributed by atoms with Crippen LogP contribution < -0.4 is 5.32 Å². The number of anilines is 1. The van der Waals surface area contributed by atoms with Crippen molar-refractivity contribution in [1.82, 2.24) is 4.98 Å². The number of hydrogen-bond donors (Lipinski definition) is 2. The molecule has 7 heteroatoms. The Morgan fingerprint density at radius 3 is 2.86 bits per heavy atom. The maximum atomic E-state index is 11.0. The van der Waals surface area contributed by atoms with Gasteiger partial charge in [-0.3, -0.25) is 19.9 Å². The lowest BCUT2D eigenvalue weighted by atomic mass is 10.1. The number of non-ortho nitro benzene ring substituents is 1. The fourth-order valence-corrected chi connectivity index (χ4v) is 2.16. The first-order chi connectivity index (χ1) is 10.0. The Kier molecular flexibility index (Phi) is 4.32. The van der Waals surface area contributed by atoms with Crippen molar-refractivity contribution in [3.8, 4) is 0 Å². The van der Waals surface area contributed by atoms with Crippen LogP contribution in [0, 0.1) is 10.1 Å². The molecule has 0 aliphatic rings. The normalized spacial score (nSPS) is 12.0. The molecule has 1 aromatic carbocycles. The average Bonchev–Trinajstić information content (AvgIpc) is 2.46. The summed E-state index contributed by atoms with van der Waals surface area (Å²) in [5.41, 5.74) is 1.05. The zero-order valence-electron chi connectivity index (χ0n) is 11.4. The summed E-state index contributed by atoms with van der Waals surface area (Å²) in [5, 5.41) is 23.4. The number of nitrogens with one attached hydrogen (secondary N) is 1. The number of nitro groups is 1. The molecule has 1 heterocycles. The van der Waals surface area contributed by atoms with E-state index in [0.717, 1.165) is 0 Å². The molecule has 0 amide bonds. The van der Waals surface area contributed by atoms with Crippen LogP contribution in [0.3, 0.4) is 0 Å². The van der Waals surface area contributed by atoms with Gasteiger partial charge in [-0.1, -0.05) is 6.92 Å². The van der Waals surface area contributed by atoms with Gasteiger partial charge in [0.15, 0.2) is 0 Å². The third kappa shape index (κ3) is 3.25. The van der Waals surface area contributed by atoms with Crippen molar-refractivity contribution < 1.29 is 14.8 Å². The van der Waals surface area contributed by atoms with Gasteiger partial charge in [0.05, 0.1) is 22.4 Å². The first-order valence-electron chi connectivity index (χ1n) is 6.53. The number of rotatable bonds is 6. The number of nitro benzene ring substituents is 1. The molecule has 2 aromatic rings. The fraction of sp³-hybridized carbons (Fsp3) is 0.286. The molecule has 1 aromatic heterocycles. The first-order valence-corrected chi connectivity index (χ1v) is 6.53. The topological polar surface area (TPSA) is 105 Å². The Balaban J connectivity index is 2.43. The molecule has 1 atom stereocenters. The van der Waals surface area contributed by atoms with Gasteiger partial charge in [-0.05, 0) is 24.6 Å². The van der Waals surface area contributed by atoms with Gasteiger partial charge in [-0.25, -0.2) is 0 Å². The van der Waals surface area contributed by atoms with E-state index in [2.05, 4.69) is 10.3 Å². The molecule has 7 nitrogen and oxygen atoms in total. The van der Waals surface area contributed by atoms with E-state index in [1.807, 2.05) is 6.92 Å². The highest BCUT2D eigenvalue weighted by molar-refractivity contribution is 5.96. The molecule has 0 radical (unpaired) electrons. The van der Waals surface area contributed by atoms with E-state index in [4.69, 9.17) is 5.11 Å². The molecule has 110 valence electrons. The number of benzene rings is 1. The zero-order chi connectivity index (χ0) is 15.4. The molecule has 0 bridgehead atoms. The summed E-state index contributed by atoms with van der Waals surface area (Å²) < 4.78 is 0. The summed E-state index contributed by atoms with van der Waals surface area (Å²) in [6, 6.07) is 5.98. The smallest absolute Gasteiger partial charge is 0.305 e. The van der Waals surface area contributed by atoms with Gasteiger partial charge in [0.2, 0.25) is 0 Å². The van der Waals surface area contributed by atoms with Gasteiger partial charge in [0.1, 0.15) is 5.52 Å². The van der Waals surface area contributed by atoms with Crippen molar-refractivity contribution in [2.24, 2.45) is 0 Å². The van der Waals surface area contributed by atoms with Crippen molar-refractivity contribution in [2.75, 3.05) is 5.32 Å². The van der Waals surface area contributed by atoms with Crippen LogP contribution in [0.25, 0.3) is 10.9 Å². The number of nitrogens with zero attached hydrogens (tertiary/aromatic N) is 2. The average molecular weight is 289 g/mol. The maximum Gasteiger partial charge on any atom is 0.305 e. The molecule has 2 N–H and O–H groups in total. The Morgan fingerprint density at radius 2 is 2.24 bits per heavy atom. The van der Waals surface area contributed by atoms with Crippen molar-refractivity contribution >= 4 is 28.2 Å². The summed E-state index contributed by atoms with van der Waals surface area (Å²) in [5.74, 6) is -0.895. The minimum Gasteiger partial charge on any atom is -0.481 e. The van der Waals surface area contributed by atoms with Gasteiger partial charge >= 0.3 is 5.97 Å². The number of hydrogen-bond acceptors (Lipinski definition) is 5. The quantitative estimate of drug-likeness (QED) is 0.625. The van der Waals surface area contributed by atoms with Crippen LogP contribution in [0.2, 0.25) is 0 Å². The summed E-state index contributed by atoms with van der Waals surface area (Å²) in [4.78, 5) is 25.6. The minimum absolute atomic E-state index is 0.0186. The second-order valence-electron chi connectivity index (χ2n) is 4.64. The highest BCUT2D eigenvalue weighted by Gasteiger charge is 2.17. The molecule has 1 unspecified atom stereocenters. The molecule has 2 rings (SSSR count). The molecule has 21 heavy (non-hydrogen) atoms. The second-order valence-corrected chi connectivity index (χ2v) is 4.64. The Hall–Kier alpha value is -2.70. The molecule has 0 fully saturated rings. The number of aliphatic carboxylic acids is 1.